The quantitative estimate of drug-likeness (QED) is 0.572. The van der Waals surface area contributed by atoms with E-state index in [1.807, 2.05) is 12.1 Å². The average molecular weight is 433 g/mol. The van der Waals surface area contributed by atoms with Crippen LogP contribution in [0.4, 0.5) is 11.6 Å². The smallest absolute Gasteiger partial charge is 0.278 e. The van der Waals surface area contributed by atoms with Crippen LogP contribution in [0.1, 0.15) is 50.5 Å². The zero-order valence-corrected chi connectivity index (χ0v) is 18.0. The summed E-state index contributed by atoms with van der Waals surface area (Å²) in [5.74, 6) is 2.67. The highest BCUT2D eigenvalue weighted by Gasteiger charge is 2.51. The second-order valence-electron chi connectivity index (χ2n) is 10.1. The second kappa shape index (κ2) is 7.18. The van der Waals surface area contributed by atoms with Crippen LogP contribution in [-0.4, -0.2) is 25.4 Å². The number of aromatic nitrogens is 4. The number of nitrogens with two attached hydrogens (primary N) is 1. The molecule has 2 heterocycles. The van der Waals surface area contributed by atoms with Crippen molar-refractivity contribution in [3.05, 3.63) is 46.5 Å². The third-order valence-corrected chi connectivity index (χ3v) is 7.90. The van der Waals surface area contributed by atoms with Crippen LogP contribution in [0.15, 0.2) is 35.4 Å². The SMILES string of the molecule is Nc1nc2ncn(CCC(=O)Nc3ccc(C45CC6CC(CC(C6)C4)C5)cc3)c2c(=O)[nH]1. The summed E-state index contributed by atoms with van der Waals surface area (Å²) in [7, 11) is 0. The van der Waals surface area contributed by atoms with Crippen LogP contribution >= 0.6 is 0 Å². The van der Waals surface area contributed by atoms with Crippen LogP contribution in [0.3, 0.4) is 0 Å². The molecule has 4 fully saturated rings. The number of carbonyl (C=O) groups is 1. The number of benzene rings is 1. The Labute approximate surface area is 185 Å². The van der Waals surface area contributed by atoms with Gasteiger partial charge in [0.1, 0.15) is 0 Å². The Morgan fingerprint density at radius 1 is 1.12 bits per heavy atom. The number of nitrogens with zero attached hydrogens (tertiary/aromatic N) is 3. The molecule has 0 saturated heterocycles. The fourth-order valence-corrected chi connectivity index (χ4v) is 6.99. The minimum atomic E-state index is -0.356. The van der Waals surface area contributed by atoms with Gasteiger partial charge in [0.15, 0.2) is 11.2 Å². The van der Waals surface area contributed by atoms with Gasteiger partial charge in [0.2, 0.25) is 11.9 Å². The summed E-state index contributed by atoms with van der Waals surface area (Å²) in [6.45, 7) is 0.336. The first-order valence-corrected chi connectivity index (χ1v) is 11.6. The maximum atomic E-state index is 12.5. The van der Waals surface area contributed by atoms with E-state index < -0.39 is 0 Å². The maximum absolute atomic E-state index is 12.5. The monoisotopic (exact) mass is 432 g/mol. The first-order chi connectivity index (χ1) is 15.5. The van der Waals surface area contributed by atoms with Crippen LogP contribution in [-0.2, 0) is 16.8 Å². The Morgan fingerprint density at radius 2 is 1.78 bits per heavy atom. The van der Waals surface area contributed by atoms with E-state index >= 15 is 0 Å². The Bertz CT molecular complexity index is 1210. The first-order valence-electron chi connectivity index (χ1n) is 11.6. The minimum absolute atomic E-state index is 0.0301. The number of aromatic amines is 1. The van der Waals surface area contributed by atoms with Crippen molar-refractivity contribution >= 4 is 28.7 Å². The number of fused-ring (bicyclic) bond motifs is 1. The molecular formula is C24H28N6O2. The number of hydrogen-bond donors (Lipinski definition) is 3. The molecule has 4 bridgehead atoms. The second-order valence-corrected chi connectivity index (χ2v) is 10.1. The van der Waals surface area contributed by atoms with Gasteiger partial charge in [0.05, 0.1) is 6.33 Å². The Balaban J connectivity index is 1.11. The molecule has 4 saturated carbocycles. The first kappa shape index (κ1) is 19.5. The van der Waals surface area contributed by atoms with Gasteiger partial charge in [0.25, 0.3) is 5.56 Å². The lowest BCUT2D eigenvalue weighted by atomic mass is 9.48. The summed E-state index contributed by atoms with van der Waals surface area (Å²) in [5.41, 5.74) is 8.44. The molecule has 1 aromatic carbocycles. The average Bonchev–Trinajstić information content (AvgIpc) is 3.15. The Hall–Kier alpha value is -3.16. The topological polar surface area (TPSA) is 119 Å². The summed E-state index contributed by atoms with van der Waals surface area (Å²) in [5, 5.41) is 2.98. The van der Waals surface area contributed by atoms with E-state index in [9.17, 15) is 9.59 Å². The molecule has 4 aliphatic rings. The van der Waals surface area contributed by atoms with Gasteiger partial charge >= 0.3 is 0 Å². The number of anilines is 2. The van der Waals surface area contributed by atoms with Crippen LogP contribution in [0, 0.1) is 17.8 Å². The number of amides is 1. The summed E-state index contributed by atoms with van der Waals surface area (Å²) in [4.78, 5) is 35.3. The molecule has 0 radical (unpaired) electrons. The normalized spacial score (nSPS) is 28.3. The molecule has 8 heteroatoms. The number of nitrogens with one attached hydrogen (secondary N) is 2. The fraction of sp³-hybridized carbons (Fsp3) is 0.500. The standard InChI is InChI=1S/C24H28N6O2/c25-23-28-21-20(22(32)29-23)30(13-26-21)6-5-19(31)27-18-3-1-17(2-4-18)24-10-14-7-15(11-24)9-16(8-14)12-24/h1-4,13-16H,5-12H2,(H,27,31)(H3,25,28,29,32). The lowest BCUT2D eigenvalue weighted by molar-refractivity contribution is -0.116. The van der Waals surface area contributed by atoms with E-state index in [1.54, 1.807) is 4.57 Å². The molecule has 32 heavy (non-hydrogen) atoms. The van der Waals surface area contributed by atoms with Crippen LogP contribution in [0.2, 0.25) is 0 Å². The number of hydrogen-bond acceptors (Lipinski definition) is 5. The number of aryl methyl sites for hydroxylation is 1. The van der Waals surface area contributed by atoms with Crippen LogP contribution < -0.4 is 16.6 Å². The molecule has 4 aliphatic carbocycles. The van der Waals surface area contributed by atoms with Gasteiger partial charge in [-0.3, -0.25) is 14.6 Å². The van der Waals surface area contributed by atoms with Gasteiger partial charge in [-0.05, 0) is 79.4 Å². The summed E-state index contributed by atoms with van der Waals surface area (Å²) >= 11 is 0. The predicted molar refractivity (Wildman–Crippen MR) is 122 cm³/mol. The zero-order chi connectivity index (χ0) is 21.9. The minimum Gasteiger partial charge on any atom is -0.369 e. The van der Waals surface area contributed by atoms with Gasteiger partial charge in [-0.15, -0.1) is 0 Å². The van der Waals surface area contributed by atoms with Crippen molar-refractivity contribution in [1.29, 1.82) is 0 Å². The Kier molecular flexibility index (Phi) is 4.38. The largest absolute Gasteiger partial charge is 0.369 e. The highest BCUT2D eigenvalue weighted by atomic mass is 16.1. The van der Waals surface area contributed by atoms with Crippen molar-refractivity contribution < 1.29 is 4.79 Å². The zero-order valence-electron chi connectivity index (χ0n) is 18.0. The Morgan fingerprint density at radius 3 is 2.44 bits per heavy atom. The highest BCUT2D eigenvalue weighted by molar-refractivity contribution is 5.90. The molecular weight excluding hydrogens is 404 g/mol. The molecule has 4 N–H and O–H groups in total. The molecule has 166 valence electrons. The summed E-state index contributed by atoms with van der Waals surface area (Å²) in [6, 6.07) is 8.52. The van der Waals surface area contributed by atoms with Gasteiger partial charge in [-0.25, -0.2) is 4.98 Å². The third-order valence-electron chi connectivity index (χ3n) is 7.90. The lowest BCUT2D eigenvalue weighted by Gasteiger charge is -2.57. The molecule has 7 rings (SSSR count). The van der Waals surface area contributed by atoms with E-state index in [0.29, 0.717) is 17.5 Å². The van der Waals surface area contributed by atoms with E-state index in [-0.39, 0.29) is 29.5 Å². The number of H-pyrrole nitrogens is 1. The fourth-order valence-electron chi connectivity index (χ4n) is 6.99. The van der Waals surface area contributed by atoms with Gasteiger partial charge in [-0.1, -0.05) is 12.1 Å². The maximum Gasteiger partial charge on any atom is 0.278 e. The van der Waals surface area contributed by atoms with Crippen LogP contribution in [0.5, 0.6) is 0 Å². The van der Waals surface area contributed by atoms with Crippen molar-refractivity contribution in [1.82, 2.24) is 19.5 Å². The molecule has 0 atom stereocenters. The predicted octanol–water partition coefficient (Wildman–Crippen LogP) is 3.20. The molecule has 2 aromatic heterocycles. The molecule has 0 spiro atoms. The number of imidazole rings is 1. The third kappa shape index (κ3) is 3.29. The van der Waals surface area contributed by atoms with E-state index in [4.69, 9.17) is 5.73 Å². The van der Waals surface area contributed by atoms with Crippen molar-refractivity contribution in [2.24, 2.45) is 17.8 Å². The van der Waals surface area contributed by atoms with Crippen molar-refractivity contribution in [2.45, 2.75) is 56.9 Å². The number of carbonyl (C=O) groups excluding carboxylic acids is 1. The molecule has 8 nitrogen and oxygen atoms in total. The van der Waals surface area contributed by atoms with Crippen molar-refractivity contribution in [3.8, 4) is 0 Å². The number of nitrogen functional groups attached to an aromatic ring is 1. The molecule has 3 aromatic rings. The van der Waals surface area contributed by atoms with Gasteiger partial charge in [-0.2, -0.15) is 4.98 Å². The van der Waals surface area contributed by atoms with E-state index in [1.165, 1.54) is 50.4 Å². The number of rotatable bonds is 5. The van der Waals surface area contributed by atoms with Crippen molar-refractivity contribution in [2.75, 3.05) is 11.1 Å². The lowest BCUT2D eigenvalue weighted by Crippen LogP contribution is -2.48. The van der Waals surface area contributed by atoms with E-state index in [0.717, 1.165) is 23.4 Å². The van der Waals surface area contributed by atoms with Crippen molar-refractivity contribution in [3.63, 3.8) is 0 Å². The molecule has 1 amide bonds. The van der Waals surface area contributed by atoms with Gasteiger partial charge < -0.3 is 15.6 Å². The van der Waals surface area contributed by atoms with Gasteiger partial charge in [0, 0.05) is 18.7 Å². The molecule has 0 aliphatic heterocycles. The summed E-state index contributed by atoms with van der Waals surface area (Å²) < 4.78 is 1.64. The summed E-state index contributed by atoms with van der Waals surface area (Å²) in [6.07, 6.45) is 10.1. The van der Waals surface area contributed by atoms with Crippen LogP contribution in [0.25, 0.3) is 11.2 Å². The highest BCUT2D eigenvalue weighted by Crippen LogP contribution is 2.60. The van der Waals surface area contributed by atoms with E-state index in [2.05, 4.69) is 32.4 Å². The molecule has 0 unspecified atom stereocenters.